The van der Waals surface area contributed by atoms with Gasteiger partial charge in [0.1, 0.15) is 12.2 Å². The SMILES string of the molecule is O=c1ccn(C2O[C@H](CO)[C@@H](O)[C@@]2(O)F)c(=O)[nH]1. The standard InChI is InChI=1S/C9H11FN2O6/c10-9(17)6(15)4(3-13)18-7(9)12-2-1-5(14)11-8(12)16/h1-2,4,6-7,13,15,17H,3H2,(H,11,14,16)/t4-,6-,7?,9+/m1/s1. The summed E-state index contributed by atoms with van der Waals surface area (Å²) >= 11 is 0. The first-order valence-corrected chi connectivity index (χ1v) is 5.05. The highest BCUT2D eigenvalue weighted by Crippen LogP contribution is 2.38. The first-order chi connectivity index (χ1) is 8.37. The van der Waals surface area contributed by atoms with Gasteiger partial charge >= 0.3 is 5.69 Å². The summed E-state index contributed by atoms with van der Waals surface area (Å²) in [4.78, 5) is 24.1. The Labute approximate surface area is 98.9 Å². The average molecular weight is 262 g/mol. The number of alkyl halides is 1. The van der Waals surface area contributed by atoms with E-state index in [4.69, 9.17) is 9.84 Å². The maximum atomic E-state index is 13.9. The Balaban J connectivity index is 2.45. The highest BCUT2D eigenvalue weighted by molar-refractivity contribution is 4.97. The molecule has 1 saturated heterocycles. The fraction of sp³-hybridized carbons (Fsp3) is 0.556. The van der Waals surface area contributed by atoms with E-state index in [0.29, 0.717) is 4.57 Å². The number of ether oxygens (including phenoxy) is 1. The molecule has 2 rings (SSSR count). The molecule has 0 radical (unpaired) electrons. The van der Waals surface area contributed by atoms with Gasteiger partial charge in [-0.1, -0.05) is 0 Å². The van der Waals surface area contributed by atoms with Crippen LogP contribution in [0.2, 0.25) is 0 Å². The summed E-state index contributed by atoms with van der Waals surface area (Å²) in [6.45, 7) is -0.734. The van der Waals surface area contributed by atoms with Gasteiger partial charge in [-0.2, -0.15) is 0 Å². The fourth-order valence-corrected chi connectivity index (χ4v) is 1.76. The zero-order chi connectivity index (χ0) is 13.5. The van der Waals surface area contributed by atoms with Crippen LogP contribution in [0, 0.1) is 0 Å². The molecule has 4 atom stereocenters. The van der Waals surface area contributed by atoms with Crippen LogP contribution in [0.5, 0.6) is 0 Å². The molecule has 18 heavy (non-hydrogen) atoms. The number of aliphatic hydroxyl groups excluding tert-OH is 2. The van der Waals surface area contributed by atoms with Crippen LogP contribution in [-0.4, -0.2) is 49.5 Å². The summed E-state index contributed by atoms with van der Waals surface area (Å²) in [5, 5.41) is 27.7. The van der Waals surface area contributed by atoms with Crippen molar-refractivity contribution in [2.45, 2.75) is 24.3 Å². The van der Waals surface area contributed by atoms with Gasteiger partial charge < -0.3 is 20.1 Å². The molecule has 1 aliphatic heterocycles. The summed E-state index contributed by atoms with van der Waals surface area (Å²) in [6.07, 6.45) is -4.31. The van der Waals surface area contributed by atoms with E-state index in [-0.39, 0.29) is 0 Å². The molecule has 2 heterocycles. The molecule has 9 heteroatoms. The van der Waals surface area contributed by atoms with Crippen molar-refractivity contribution in [1.29, 1.82) is 0 Å². The lowest BCUT2D eigenvalue weighted by Gasteiger charge is -2.23. The van der Waals surface area contributed by atoms with Gasteiger partial charge in [0.15, 0.2) is 6.23 Å². The molecule has 8 nitrogen and oxygen atoms in total. The van der Waals surface area contributed by atoms with Gasteiger partial charge in [0.05, 0.1) is 6.61 Å². The first kappa shape index (κ1) is 12.9. The third kappa shape index (κ3) is 1.86. The third-order valence-electron chi connectivity index (χ3n) is 2.70. The molecule has 0 spiro atoms. The number of aromatic nitrogens is 2. The quantitative estimate of drug-likeness (QED) is 0.465. The molecular weight excluding hydrogens is 251 g/mol. The monoisotopic (exact) mass is 262 g/mol. The van der Waals surface area contributed by atoms with E-state index in [1.165, 1.54) is 0 Å². The number of aromatic amines is 1. The van der Waals surface area contributed by atoms with Crippen LogP contribution >= 0.6 is 0 Å². The van der Waals surface area contributed by atoms with E-state index < -0.39 is 42.1 Å². The Morgan fingerprint density at radius 1 is 1.56 bits per heavy atom. The Bertz CT molecular complexity index is 552. The maximum absolute atomic E-state index is 13.9. The van der Waals surface area contributed by atoms with Crippen molar-refractivity contribution < 1.29 is 24.4 Å². The summed E-state index contributed by atoms with van der Waals surface area (Å²) in [5.41, 5.74) is -1.70. The molecule has 1 aromatic heterocycles. The van der Waals surface area contributed by atoms with Crippen molar-refractivity contribution >= 4 is 0 Å². The van der Waals surface area contributed by atoms with E-state index in [1.807, 2.05) is 4.98 Å². The minimum atomic E-state index is -3.25. The normalized spacial score (nSPS) is 35.9. The van der Waals surface area contributed by atoms with Crippen molar-refractivity contribution in [3.05, 3.63) is 33.1 Å². The van der Waals surface area contributed by atoms with Gasteiger partial charge in [-0.15, -0.1) is 0 Å². The summed E-state index contributed by atoms with van der Waals surface area (Å²) < 4.78 is 19.3. The average Bonchev–Trinajstić information content (AvgIpc) is 2.52. The van der Waals surface area contributed by atoms with Crippen molar-refractivity contribution in [2.75, 3.05) is 6.61 Å². The predicted molar refractivity (Wildman–Crippen MR) is 54.4 cm³/mol. The minimum Gasteiger partial charge on any atom is -0.394 e. The molecule has 0 bridgehead atoms. The molecule has 1 fully saturated rings. The molecule has 4 N–H and O–H groups in total. The summed E-state index contributed by atoms with van der Waals surface area (Å²) in [7, 11) is 0. The van der Waals surface area contributed by atoms with Gasteiger partial charge in [-0.3, -0.25) is 14.3 Å². The minimum absolute atomic E-state index is 0.584. The topological polar surface area (TPSA) is 125 Å². The highest BCUT2D eigenvalue weighted by Gasteiger charge is 2.57. The number of nitrogens with one attached hydrogen (secondary N) is 1. The van der Waals surface area contributed by atoms with Gasteiger partial charge in [-0.25, -0.2) is 9.18 Å². The summed E-state index contributed by atoms with van der Waals surface area (Å²) in [6, 6.07) is 0.930. The van der Waals surface area contributed by atoms with Gasteiger partial charge in [0.25, 0.3) is 11.4 Å². The molecule has 0 aromatic carbocycles. The van der Waals surface area contributed by atoms with E-state index >= 15 is 0 Å². The van der Waals surface area contributed by atoms with Gasteiger partial charge in [-0.05, 0) is 0 Å². The zero-order valence-corrected chi connectivity index (χ0v) is 8.99. The molecule has 0 saturated carbocycles. The van der Waals surface area contributed by atoms with E-state index in [2.05, 4.69) is 0 Å². The number of nitrogens with zero attached hydrogens (tertiary/aromatic N) is 1. The highest BCUT2D eigenvalue weighted by atomic mass is 19.2. The second-order valence-electron chi connectivity index (χ2n) is 3.90. The zero-order valence-electron chi connectivity index (χ0n) is 8.99. The molecule has 0 aliphatic carbocycles. The number of hydrogen-bond acceptors (Lipinski definition) is 6. The molecule has 1 aliphatic rings. The van der Waals surface area contributed by atoms with Crippen LogP contribution in [0.1, 0.15) is 6.23 Å². The molecule has 0 amide bonds. The second-order valence-corrected chi connectivity index (χ2v) is 3.90. The van der Waals surface area contributed by atoms with Crippen molar-refractivity contribution in [1.82, 2.24) is 9.55 Å². The Morgan fingerprint density at radius 2 is 2.22 bits per heavy atom. The van der Waals surface area contributed by atoms with E-state index in [0.717, 1.165) is 12.3 Å². The van der Waals surface area contributed by atoms with E-state index in [9.17, 15) is 24.2 Å². The lowest BCUT2D eigenvalue weighted by atomic mass is 10.1. The number of aliphatic hydroxyl groups is 3. The fourth-order valence-electron chi connectivity index (χ4n) is 1.76. The third-order valence-corrected chi connectivity index (χ3v) is 2.70. The number of hydrogen-bond donors (Lipinski definition) is 4. The molecular formula is C9H11FN2O6. The first-order valence-electron chi connectivity index (χ1n) is 5.05. The van der Waals surface area contributed by atoms with Crippen LogP contribution in [0.15, 0.2) is 21.9 Å². The predicted octanol–water partition coefficient (Wildman–Crippen LogP) is -2.55. The van der Waals surface area contributed by atoms with Crippen LogP contribution in [0.25, 0.3) is 0 Å². The Morgan fingerprint density at radius 3 is 2.72 bits per heavy atom. The Kier molecular flexibility index (Phi) is 3.07. The van der Waals surface area contributed by atoms with Crippen LogP contribution in [0.4, 0.5) is 4.39 Å². The van der Waals surface area contributed by atoms with Crippen LogP contribution in [0.3, 0.4) is 0 Å². The number of H-pyrrole nitrogens is 1. The van der Waals surface area contributed by atoms with Crippen molar-refractivity contribution in [3.8, 4) is 0 Å². The maximum Gasteiger partial charge on any atom is 0.330 e. The smallest absolute Gasteiger partial charge is 0.330 e. The number of rotatable bonds is 2. The van der Waals surface area contributed by atoms with Gasteiger partial charge in [0.2, 0.25) is 0 Å². The van der Waals surface area contributed by atoms with Crippen LogP contribution in [-0.2, 0) is 4.74 Å². The largest absolute Gasteiger partial charge is 0.394 e. The van der Waals surface area contributed by atoms with Crippen molar-refractivity contribution in [2.24, 2.45) is 0 Å². The molecule has 1 aromatic rings. The van der Waals surface area contributed by atoms with Gasteiger partial charge in [0, 0.05) is 12.3 Å². The molecule has 1 unspecified atom stereocenters. The summed E-state index contributed by atoms with van der Waals surface area (Å²) in [5.74, 6) is -3.25. The van der Waals surface area contributed by atoms with Crippen molar-refractivity contribution in [3.63, 3.8) is 0 Å². The lowest BCUT2D eigenvalue weighted by molar-refractivity contribution is -0.197. The lowest BCUT2D eigenvalue weighted by Crippen LogP contribution is -2.45. The number of halogens is 1. The van der Waals surface area contributed by atoms with E-state index in [1.54, 1.807) is 0 Å². The Hall–Kier alpha value is -1.55. The molecule has 100 valence electrons. The second kappa shape index (κ2) is 4.28. The van der Waals surface area contributed by atoms with Crippen LogP contribution < -0.4 is 11.2 Å².